The Kier molecular flexibility index (Phi) is 6.48. The number of hydrogen-bond donors (Lipinski definition) is 0. The quantitative estimate of drug-likeness (QED) is 0.208. The van der Waals surface area contributed by atoms with Crippen molar-refractivity contribution in [1.29, 1.82) is 0 Å². The summed E-state index contributed by atoms with van der Waals surface area (Å²) in [6.07, 6.45) is 3.94. The number of anilines is 4. The molecular weight excluding hydrogens is 516 g/mol. The van der Waals surface area contributed by atoms with Gasteiger partial charge in [-0.3, -0.25) is 0 Å². The van der Waals surface area contributed by atoms with Crippen LogP contribution in [0.5, 0.6) is 11.5 Å². The molecule has 1 aliphatic heterocycles. The van der Waals surface area contributed by atoms with Crippen molar-refractivity contribution in [2.75, 3.05) is 16.5 Å². The number of nitrogens with zero attached hydrogens (tertiary/aromatic N) is 4. The lowest BCUT2D eigenvalue weighted by molar-refractivity contribution is 0.482. The van der Waals surface area contributed by atoms with E-state index in [1.807, 2.05) is 65.6 Å². The third-order valence-electron chi connectivity index (χ3n) is 7.79. The predicted molar refractivity (Wildman–Crippen MR) is 172 cm³/mol. The lowest BCUT2D eigenvalue weighted by Gasteiger charge is -2.25. The second-order valence-electron chi connectivity index (χ2n) is 10.9. The van der Waals surface area contributed by atoms with Gasteiger partial charge in [-0.2, -0.15) is 5.10 Å². The first kappa shape index (κ1) is 25.7. The number of ether oxygens (including phenoxy) is 1. The average Bonchev–Trinajstić information content (AvgIpc) is 3.64. The summed E-state index contributed by atoms with van der Waals surface area (Å²) in [5.41, 5.74) is 11.8. The van der Waals surface area contributed by atoms with Gasteiger partial charge in [0.1, 0.15) is 18.2 Å². The fourth-order valence-corrected chi connectivity index (χ4v) is 6.01. The summed E-state index contributed by atoms with van der Waals surface area (Å²) in [6, 6.07) is 39.8. The van der Waals surface area contributed by atoms with Crippen LogP contribution in [0, 0.1) is 20.8 Å². The molecule has 7 rings (SSSR count). The van der Waals surface area contributed by atoms with E-state index in [-0.39, 0.29) is 0 Å². The van der Waals surface area contributed by atoms with E-state index in [0.29, 0.717) is 0 Å². The van der Waals surface area contributed by atoms with Crippen LogP contribution in [-0.2, 0) is 0 Å². The van der Waals surface area contributed by atoms with E-state index in [9.17, 15) is 0 Å². The van der Waals surface area contributed by atoms with Crippen molar-refractivity contribution in [2.45, 2.75) is 20.8 Å². The smallest absolute Gasteiger partial charge is 0.129 e. The molecule has 5 nitrogen and oxygen atoms in total. The van der Waals surface area contributed by atoms with Crippen LogP contribution < -0.4 is 14.5 Å². The van der Waals surface area contributed by atoms with Gasteiger partial charge in [-0.1, -0.05) is 72.3 Å². The number of fused-ring (bicyclic) bond motifs is 1. The van der Waals surface area contributed by atoms with Gasteiger partial charge in [-0.05, 0) is 73.9 Å². The highest BCUT2D eigenvalue weighted by atomic mass is 16.5. The Balaban J connectivity index is 1.16. The van der Waals surface area contributed by atoms with Crippen LogP contribution in [-0.4, -0.2) is 16.4 Å². The topological polar surface area (TPSA) is 33.5 Å². The predicted octanol–water partition coefficient (Wildman–Crippen LogP) is 9.50. The van der Waals surface area contributed by atoms with Gasteiger partial charge >= 0.3 is 0 Å². The Morgan fingerprint density at radius 2 is 1.21 bits per heavy atom. The maximum atomic E-state index is 6.40. The van der Waals surface area contributed by atoms with E-state index in [1.54, 1.807) is 0 Å². The van der Waals surface area contributed by atoms with E-state index >= 15 is 0 Å². The molecule has 1 aliphatic rings. The number of rotatable bonds is 6. The van der Waals surface area contributed by atoms with Crippen molar-refractivity contribution >= 4 is 22.7 Å². The normalized spacial score (nSPS) is 12.5. The van der Waals surface area contributed by atoms with Crippen LogP contribution in [0.3, 0.4) is 0 Å². The zero-order chi connectivity index (χ0) is 28.6. The Labute approximate surface area is 246 Å². The van der Waals surface area contributed by atoms with Crippen LogP contribution in [0.2, 0.25) is 0 Å². The second-order valence-corrected chi connectivity index (χ2v) is 10.9. The molecule has 0 bridgehead atoms. The Morgan fingerprint density at radius 3 is 1.93 bits per heavy atom. The third-order valence-corrected chi connectivity index (χ3v) is 7.79. The highest BCUT2D eigenvalue weighted by molar-refractivity contribution is 5.88. The Bertz CT molecular complexity index is 1870. The lowest BCUT2D eigenvalue weighted by Crippen LogP contribution is -2.25. The van der Waals surface area contributed by atoms with Crippen LogP contribution in [0.15, 0.2) is 128 Å². The summed E-state index contributed by atoms with van der Waals surface area (Å²) in [7, 11) is 0. The molecule has 0 saturated heterocycles. The first-order chi connectivity index (χ1) is 20.5. The van der Waals surface area contributed by atoms with Crippen molar-refractivity contribution < 1.29 is 4.74 Å². The van der Waals surface area contributed by atoms with Gasteiger partial charge in [0.15, 0.2) is 0 Å². The average molecular weight is 549 g/mol. The van der Waals surface area contributed by atoms with Crippen LogP contribution in [0.1, 0.15) is 16.7 Å². The Hall–Kier alpha value is -5.29. The van der Waals surface area contributed by atoms with Crippen LogP contribution >= 0.6 is 0 Å². The summed E-state index contributed by atoms with van der Waals surface area (Å²) in [6.45, 7) is 7.29. The second kappa shape index (κ2) is 10.6. The molecule has 5 aromatic carbocycles. The van der Waals surface area contributed by atoms with Crippen molar-refractivity contribution in [3.8, 4) is 28.3 Å². The fraction of sp³-hybridized carbons (Fsp3) is 0.108. The minimum atomic E-state index is 0.728. The van der Waals surface area contributed by atoms with Crippen molar-refractivity contribution in [1.82, 2.24) is 9.78 Å². The molecule has 0 radical (unpaired) electrons. The molecular formula is C37H32N4O. The van der Waals surface area contributed by atoms with Crippen LogP contribution in [0.4, 0.5) is 22.7 Å². The highest BCUT2D eigenvalue weighted by Crippen LogP contribution is 2.46. The number of aryl methyl sites for hydroxylation is 3. The molecule has 1 aromatic heterocycles. The fourth-order valence-electron chi connectivity index (χ4n) is 6.01. The molecule has 5 heteroatoms. The monoisotopic (exact) mass is 548 g/mol. The molecule has 6 aromatic rings. The van der Waals surface area contributed by atoms with Gasteiger partial charge < -0.3 is 14.5 Å². The van der Waals surface area contributed by atoms with Gasteiger partial charge in [0, 0.05) is 35.3 Å². The van der Waals surface area contributed by atoms with Gasteiger partial charge in [0.05, 0.1) is 23.3 Å². The molecule has 42 heavy (non-hydrogen) atoms. The summed E-state index contributed by atoms with van der Waals surface area (Å²) in [4.78, 5) is 4.77. The van der Waals surface area contributed by atoms with Crippen molar-refractivity contribution in [3.05, 3.63) is 144 Å². The molecule has 0 amide bonds. The maximum absolute atomic E-state index is 6.40. The summed E-state index contributed by atoms with van der Waals surface area (Å²) in [5.74, 6) is 1.55. The number of benzene rings is 5. The lowest BCUT2D eigenvalue weighted by atomic mass is 10.0. The number of aromatic nitrogens is 2. The zero-order valence-corrected chi connectivity index (χ0v) is 24.0. The van der Waals surface area contributed by atoms with E-state index in [1.165, 1.54) is 33.8 Å². The first-order valence-electron chi connectivity index (χ1n) is 14.2. The van der Waals surface area contributed by atoms with E-state index in [0.717, 1.165) is 40.7 Å². The van der Waals surface area contributed by atoms with Gasteiger partial charge in [0.25, 0.3) is 0 Å². The van der Waals surface area contributed by atoms with E-state index in [2.05, 4.69) is 102 Å². The molecule has 206 valence electrons. The van der Waals surface area contributed by atoms with Gasteiger partial charge in [0.2, 0.25) is 0 Å². The maximum Gasteiger partial charge on any atom is 0.129 e. The SMILES string of the molecule is Cc1cc(C)c(N2CN(c3cccc(Oc4cccc(-n5cc(-c6ccccc6)cn5)c4)c3)c3ccccc32)c(C)c1. The first-order valence-corrected chi connectivity index (χ1v) is 14.2. The zero-order valence-electron chi connectivity index (χ0n) is 24.0. The van der Waals surface area contributed by atoms with E-state index in [4.69, 9.17) is 4.74 Å². The van der Waals surface area contributed by atoms with Crippen LogP contribution in [0.25, 0.3) is 16.8 Å². The molecule has 0 atom stereocenters. The minimum Gasteiger partial charge on any atom is -0.457 e. The number of hydrogen-bond acceptors (Lipinski definition) is 4. The number of para-hydroxylation sites is 2. The standard InChI is InChI=1S/C37H32N4O/c1-26-19-27(2)37(28(3)20-26)40-25-39(35-17-7-8-18-36(35)40)31-13-9-15-33(21-31)42-34-16-10-14-32(22-34)41-24-30(23-38-41)29-11-5-4-6-12-29/h4-24H,25H2,1-3H3. The third kappa shape index (κ3) is 4.79. The molecule has 0 spiro atoms. The molecule has 0 fully saturated rings. The summed E-state index contributed by atoms with van der Waals surface area (Å²) >= 11 is 0. The summed E-state index contributed by atoms with van der Waals surface area (Å²) in [5, 5.41) is 4.60. The highest BCUT2D eigenvalue weighted by Gasteiger charge is 2.29. The van der Waals surface area contributed by atoms with Gasteiger partial charge in [-0.25, -0.2) is 4.68 Å². The molecule has 2 heterocycles. The molecule has 0 saturated carbocycles. The molecule has 0 N–H and O–H groups in total. The Morgan fingerprint density at radius 1 is 0.595 bits per heavy atom. The molecule has 0 aliphatic carbocycles. The van der Waals surface area contributed by atoms with Crippen molar-refractivity contribution in [3.63, 3.8) is 0 Å². The van der Waals surface area contributed by atoms with Gasteiger partial charge in [-0.15, -0.1) is 0 Å². The van der Waals surface area contributed by atoms with Crippen molar-refractivity contribution in [2.24, 2.45) is 0 Å². The largest absolute Gasteiger partial charge is 0.457 e. The minimum absolute atomic E-state index is 0.728. The summed E-state index contributed by atoms with van der Waals surface area (Å²) < 4.78 is 8.29. The molecule has 0 unspecified atom stereocenters. The van der Waals surface area contributed by atoms with E-state index < -0.39 is 0 Å².